The molecule has 2 rings (SSSR count). The van der Waals surface area contributed by atoms with Gasteiger partial charge in [-0.3, -0.25) is 0 Å². The summed E-state index contributed by atoms with van der Waals surface area (Å²) in [5.41, 5.74) is 0.798. The monoisotopic (exact) mass is 223 g/mol. The van der Waals surface area contributed by atoms with Gasteiger partial charge in [0, 0.05) is 6.04 Å². The maximum absolute atomic E-state index is 3.62. The van der Waals surface area contributed by atoms with Crippen molar-refractivity contribution in [2.75, 3.05) is 6.54 Å². The van der Waals surface area contributed by atoms with E-state index in [2.05, 4.69) is 26.1 Å². The van der Waals surface area contributed by atoms with Crippen molar-refractivity contribution in [1.82, 2.24) is 5.32 Å². The Morgan fingerprint density at radius 3 is 2.50 bits per heavy atom. The summed E-state index contributed by atoms with van der Waals surface area (Å²) < 4.78 is 0. The van der Waals surface area contributed by atoms with Crippen LogP contribution < -0.4 is 5.32 Å². The molecule has 0 aromatic carbocycles. The van der Waals surface area contributed by atoms with Crippen molar-refractivity contribution in [3.63, 3.8) is 0 Å². The number of nitrogens with one attached hydrogen (secondary N) is 1. The van der Waals surface area contributed by atoms with Crippen LogP contribution >= 0.6 is 0 Å². The van der Waals surface area contributed by atoms with Gasteiger partial charge in [-0.1, -0.05) is 33.6 Å². The minimum absolute atomic E-state index is 0.661. The third-order valence-electron chi connectivity index (χ3n) is 4.93. The molecule has 0 saturated heterocycles. The molecular formula is C15H29N. The molecule has 1 unspecified atom stereocenters. The van der Waals surface area contributed by atoms with Gasteiger partial charge in [-0.05, 0) is 55.9 Å². The molecule has 0 aliphatic heterocycles. The summed E-state index contributed by atoms with van der Waals surface area (Å²) >= 11 is 0. The summed E-state index contributed by atoms with van der Waals surface area (Å²) in [5.74, 6) is 2.08. The third-order valence-corrected chi connectivity index (χ3v) is 4.93. The Labute approximate surface area is 101 Å². The molecule has 0 aromatic heterocycles. The molecule has 1 atom stereocenters. The van der Waals surface area contributed by atoms with E-state index in [4.69, 9.17) is 0 Å². The number of rotatable bonds is 5. The predicted octanol–water partition coefficient (Wildman–Crippen LogP) is 3.98. The summed E-state index contributed by atoms with van der Waals surface area (Å²) in [5, 5.41) is 3.62. The first-order valence-corrected chi connectivity index (χ1v) is 7.39. The standard InChI is InChI=1S/C15H29N/c1-4-5-13-6-8-15(9-7-13)10-14(15)11-16-12(2)3/h12-14,16H,4-11H2,1-3H3. The lowest BCUT2D eigenvalue weighted by molar-refractivity contribution is 0.227. The lowest BCUT2D eigenvalue weighted by Gasteiger charge is -2.29. The minimum Gasteiger partial charge on any atom is -0.314 e. The van der Waals surface area contributed by atoms with E-state index in [0.717, 1.165) is 17.3 Å². The van der Waals surface area contributed by atoms with Gasteiger partial charge in [0.25, 0.3) is 0 Å². The average molecular weight is 223 g/mol. The molecule has 1 nitrogen and oxygen atoms in total. The van der Waals surface area contributed by atoms with E-state index < -0.39 is 0 Å². The summed E-state index contributed by atoms with van der Waals surface area (Å²) in [4.78, 5) is 0. The second kappa shape index (κ2) is 5.08. The van der Waals surface area contributed by atoms with Crippen molar-refractivity contribution in [2.24, 2.45) is 17.3 Å². The van der Waals surface area contributed by atoms with Gasteiger partial charge < -0.3 is 5.32 Å². The van der Waals surface area contributed by atoms with Gasteiger partial charge >= 0.3 is 0 Å². The van der Waals surface area contributed by atoms with Gasteiger partial charge in [-0.25, -0.2) is 0 Å². The summed E-state index contributed by atoms with van der Waals surface area (Å²) in [7, 11) is 0. The predicted molar refractivity (Wildman–Crippen MR) is 70.5 cm³/mol. The van der Waals surface area contributed by atoms with Crippen molar-refractivity contribution in [3.8, 4) is 0 Å². The highest BCUT2D eigenvalue weighted by Gasteiger charge is 2.53. The van der Waals surface area contributed by atoms with Crippen molar-refractivity contribution < 1.29 is 0 Å². The molecule has 2 aliphatic carbocycles. The molecule has 0 radical (unpaired) electrons. The van der Waals surface area contributed by atoms with E-state index >= 15 is 0 Å². The molecule has 94 valence electrons. The van der Waals surface area contributed by atoms with Crippen molar-refractivity contribution in [1.29, 1.82) is 0 Å². The van der Waals surface area contributed by atoms with Gasteiger partial charge in [-0.15, -0.1) is 0 Å². The lowest BCUT2D eigenvalue weighted by Crippen LogP contribution is -2.27. The van der Waals surface area contributed by atoms with Crippen LogP contribution in [0.15, 0.2) is 0 Å². The lowest BCUT2D eigenvalue weighted by atomic mass is 9.77. The molecule has 2 fully saturated rings. The van der Waals surface area contributed by atoms with E-state index in [1.807, 2.05) is 0 Å². The third kappa shape index (κ3) is 2.80. The fourth-order valence-corrected chi connectivity index (χ4v) is 3.66. The molecule has 0 aromatic rings. The summed E-state index contributed by atoms with van der Waals surface area (Å²) in [6.07, 6.45) is 10.5. The van der Waals surface area contributed by atoms with E-state index in [1.54, 1.807) is 0 Å². The Morgan fingerprint density at radius 2 is 1.94 bits per heavy atom. The first-order chi connectivity index (χ1) is 7.66. The fraction of sp³-hybridized carbons (Fsp3) is 1.00. The van der Waals surface area contributed by atoms with Crippen molar-refractivity contribution >= 4 is 0 Å². The SMILES string of the molecule is CCCC1CCC2(CC1)CC2CNC(C)C. The Hall–Kier alpha value is -0.0400. The second-order valence-electron chi connectivity index (χ2n) is 6.56. The van der Waals surface area contributed by atoms with Gasteiger partial charge in [0.15, 0.2) is 0 Å². The van der Waals surface area contributed by atoms with Gasteiger partial charge in [0.05, 0.1) is 0 Å². The smallest absolute Gasteiger partial charge is 0.00104 e. The Bertz CT molecular complexity index is 213. The van der Waals surface area contributed by atoms with E-state index in [1.165, 1.54) is 51.5 Å². The van der Waals surface area contributed by atoms with E-state index in [-0.39, 0.29) is 0 Å². The van der Waals surface area contributed by atoms with Crippen LogP contribution in [0.3, 0.4) is 0 Å². The molecule has 2 aliphatic rings. The van der Waals surface area contributed by atoms with Crippen molar-refractivity contribution in [3.05, 3.63) is 0 Å². The highest BCUT2D eigenvalue weighted by molar-refractivity contribution is 5.05. The highest BCUT2D eigenvalue weighted by atomic mass is 14.9. The normalized spacial score (nSPS) is 38.2. The first-order valence-electron chi connectivity index (χ1n) is 7.39. The van der Waals surface area contributed by atoms with Gasteiger partial charge in [0.2, 0.25) is 0 Å². The molecule has 1 N–H and O–H groups in total. The molecule has 0 heterocycles. The first kappa shape index (κ1) is 12.4. The zero-order valence-electron chi connectivity index (χ0n) is 11.4. The molecule has 0 bridgehead atoms. The van der Waals surface area contributed by atoms with Crippen LogP contribution in [0, 0.1) is 17.3 Å². The topological polar surface area (TPSA) is 12.0 Å². The van der Waals surface area contributed by atoms with Crippen LogP contribution in [0.5, 0.6) is 0 Å². The van der Waals surface area contributed by atoms with Crippen LogP contribution in [-0.4, -0.2) is 12.6 Å². The number of hydrogen-bond acceptors (Lipinski definition) is 1. The van der Waals surface area contributed by atoms with Gasteiger partial charge in [0.1, 0.15) is 0 Å². The molecular weight excluding hydrogens is 194 g/mol. The van der Waals surface area contributed by atoms with Crippen LogP contribution in [0.4, 0.5) is 0 Å². The van der Waals surface area contributed by atoms with Crippen molar-refractivity contribution in [2.45, 2.75) is 71.8 Å². The molecule has 1 heteroatoms. The largest absolute Gasteiger partial charge is 0.314 e. The molecule has 1 spiro atoms. The van der Waals surface area contributed by atoms with Crippen LogP contribution in [0.25, 0.3) is 0 Å². The fourth-order valence-electron chi connectivity index (χ4n) is 3.66. The maximum atomic E-state index is 3.62. The molecule has 16 heavy (non-hydrogen) atoms. The Balaban J connectivity index is 1.69. The molecule has 0 amide bonds. The quantitative estimate of drug-likeness (QED) is 0.743. The van der Waals surface area contributed by atoms with E-state index in [9.17, 15) is 0 Å². The average Bonchev–Trinajstić information content (AvgIpc) is 2.93. The van der Waals surface area contributed by atoms with Crippen LogP contribution in [0.1, 0.15) is 65.7 Å². The Kier molecular flexibility index (Phi) is 3.94. The number of hydrogen-bond donors (Lipinski definition) is 1. The summed E-state index contributed by atoms with van der Waals surface area (Å²) in [6.45, 7) is 8.12. The second-order valence-corrected chi connectivity index (χ2v) is 6.56. The summed E-state index contributed by atoms with van der Waals surface area (Å²) in [6, 6.07) is 0.661. The maximum Gasteiger partial charge on any atom is 0.00104 e. The zero-order chi connectivity index (χ0) is 11.6. The minimum atomic E-state index is 0.661. The van der Waals surface area contributed by atoms with E-state index in [0.29, 0.717) is 6.04 Å². The van der Waals surface area contributed by atoms with Gasteiger partial charge in [-0.2, -0.15) is 0 Å². The van der Waals surface area contributed by atoms with Crippen LogP contribution in [-0.2, 0) is 0 Å². The van der Waals surface area contributed by atoms with Crippen LogP contribution in [0.2, 0.25) is 0 Å². The highest BCUT2D eigenvalue weighted by Crippen LogP contribution is 2.62. The molecule has 2 saturated carbocycles. The zero-order valence-corrected chi connectivity index (χ0v) is 11.4. The Morgan fingerprint density at radius 1 is 1.25 bits per heavy atom.